The molecule has 180 valence electrons. The molecule has 0 N–H and O–H groups in total. The second kappa shape index (κ2) is 8.61. The van der Waals surface area contributed by atoms with Crippen molar-refractivity contribution in [3.05, 3.63) is 58.6 Å². The maximum Gasteiger partial charge on any atom is 0.187 e. The molecule has 0 amide bonds. The summed E-state index contributed by atoms with van der Waals surface area (Å²) in [5.74, 6) is -0.957. The van der Waals surface area contributed by atoms with Gasteiger partial charge in [0.15, 0.2) is 16.6 Å². The Kier molecular flexibility index (Phi) is 5.54. The Morgan fingerprint density at radius 2 is 1.97 bits per heavy atom. The van der Waals surface area contributed by atoms with Gasteiger partial charge in [0.2, 0.25) is 0 Å². The number of hydrogen-bond donors (Lipinski definition) is 0. The van der Waals surface area contributed by atoms with Crippen LogP contribution in [0.25, 0.3) is 27.2 Å². The van der Waals surface area contributed by atoms with Gasteiger partial charge in [-0.25, -0.2) is 18.7 Å². The van der Waals surface area contributed by atoms with E-state index in [0.717, 1.165) is 36.1 Å². The van der Waals surface area contributed by atoms with Gasteiger partial charge in [-0.1, -0.05) is 22.9 Å². The van der Waals surface area contributed by atoms with Crippen LogP contribution in [-0.2, 0) is 4.74 Å². The fraction of sp³-hybridized carbons (Fsp3) is 0.333. The Labute approximate surface area is 209 Å². The molecule has 0 saturated heterocycles. The minimum Gasteiger partial charge on any atom is -0.369 e. The van der Waals surface area contributed by atoms with Gasteiger partial charge < -0.3 is 9.64 Å². The van der Waals surface area contributed by atoms with Gasteiger partial charge in [-0.2, -0.15) is 10.1 Å². The summed E-state index contributed by atoms with van der Waals surface area (Å²) in [5, 5.41) is 4.87. The van der Waals surface area contributed by atoms with Crippen molar-refractivity contribution in [3.8, 4) is 11.3 Å². The summed E-state index contributed by atoms with van der Waals surface area (Å²) >= 11 is 7.12. The highest BCUT2D eigenvalue weighted by atomic mass is 35.5. The third kappa shape index (κ3) is 4.19. The van der Waals surface area contributed by atoms with E-state index in [9.17, 15) is 8.78 Å². The molecule has 11 heteroatoms. The lowest BCUT2D eigenvalue weighted by atomic mass is 10.0. The minimum absolute atomic E-state index is 0.0180. The van der Waals surface area contributed by atoms with Gasteiger partial charge in [0, 0.05) is 31.4 Å². The monoisotopic (exact) mass is 514 g/mol. The third-order valence-electron chi connectivity index (χ3n) is 6.07. The number of thiazole rings is 1. The number of ether oxygens (including phenoxy) is 1. The van der Waals surface area contributed by atoms with Gasteiger partial charge in [-0.3, -0.25) is 4.68 Å². The third-order valence-corrected chi connectivity index (χ3v) is 7.58. The molecule has 3 aromatic heterocycles. The highest BCUT2D eigenvalue weighted by Gasteiger charge is 2.27. The second-order valence-electron chi connectivity index (χ2n) is 8.90. The normalized spacial score (nSPS) is 18.2. The molecule has 0 spiro atoms. The standard InChI is InChI=1S/C24H21ClF2N6OS/c1-32(2)24-31-23-21(35-24)20(15-8-18(27)16(25)9-17(15)26)29-22(30-23)12-5-6-34-19(7-12)13-10-28-33(11-13)14-3-4-14/h7-11,14,19H,3-6H2,1-2H3. The smallest absolute Gasteiger partial charge is 0.187 e. The second-order valence-corrected chi connectivity index (χ2v) is 10.3. The fourth-order valence-electron chi connectivity index (χ4n) is 4.06. The van der Waals surface area contributed by atoms with Crippen molar-refractivity contribution in [2.75, 3.05) is 25.6 Å². The van der Waals surface area contributed by atoms with Crippen molar-refractivity contribution in [2.45, 2.75) is 31.4 Å². The van der Waals surface area contributed by atoms with Crippen molar-refractivity contribution in [1.29, 1.82) is 0 Å². The van der Waals surface area contributed by atoms with Crippen LogP contribution < -0.4 is 4.90 Å². The predicted molar refractivity (Wildman–Crippen MR) is 132 cm³/mol. The summed E-state index contributed by atoms with van der Waals surface area (Å²) in [6, 6.07) is 2.52. The summed E-state index contributed by atoms with van der Waals surface area (Å²) in [6.45, 7) is 0.478. The summed E-state index contributed by atoms with van der Waals surface area (Å²) in [4.78, 5) is 15.9. The lowest BCUT2D eigenvalue weighted by molar-refractivity contribution is 0.0825. The minimum atomic E-state index is -0.716. The number of aromatic nitrogens is 5. The molecule has 1 aromatic carbocycles. The van der Waals surface area contributed by atoms with Gasteiger partial charge in [-0.15, -0.1) is 0 Å². The van der Waals surface area contributed by atoms with Crippen molar-refractivity contribution >= 4 is 44.0 Å². The average Bonchev–Trinajstić information content (AvgIpc) is 3.40. The van der Waals surface area contributed by atoms with E-state index < -0.39 is 11.6 Å². The predicted octanol–water partition coefficient (Wildman–Crippen LogP) is 5.83. The maximum absolute atomic E-state index is 15.0. The van der Waals surface area contributed by atoms with E-state index in [0.29, 0.717) is 40.4 Å². The van der Waals surface area contributed by atoms with Gasteiger partial charge >= 0.3 is 0 Å². The molecule has 1 aliphatic carbocycles. The molecule has 6 rings (SSSR count). The van der Waals surface area contributed by atoms with Gasteiger partial charge in [-0.05, 0) is 43.0 Å². The van der Waals surface area contributed by atoms with E-state index in [-0.39, 0.29) is 22.4 Å². The summed E-state index contributed by atoms with van der Waals surface area (Å²) in [7, 11) is 3.73. The van der Waals surface area contributed by atoms with Crippen molar-refractivity contribution in [2.24, 2.45) is 0 Å². The highest BCUT2D eigenvalue weighted by Crippen LogP contribution is 2.39. The van der Waals surface area contributed by atoms with Crippen LogP contribution in [0.1, 0.15) is 42.8 Å². The average molecular weight is 515 g/mol. The molecule has 1 fully saturated rings. The molecule has 2 aliphatic rings. The topological polar surface area (TPSA) is 69.0 Å². The maximum atomic E-state index is 15.0. The van der Waals surface area contributed by atoms with Gasteiger partial charge in [0.05, 0.1) is 29.6 Å². The summed E-state index contributed by atoms with van der Waals surface area (Å²) in [6.07, 6.45) is 8.41. The van der Waals surface area contributed by atoms with Crippen LogP contribution in [0.4, 0.5) is 13.9 Å². The van der Waals surface area contributed by atoms with Crippen molar-refractivity contribution in [1.82, 2.24) is 24.7 Å². The number of benzene rings is 1. The number of rotatable bonds is 5. The Bertz CT molecular complexity index is 1480. The first-order chi connectivity index (χ1) is 16.9. The Morgan fingerprint density at radius 3 is 2.74 bits per heavy atom. The first-order valence-corrected chi connectivity index (χ1v) is 12.4. The zero-order chi connectivity index (χ0) is 24.3. The van der Waals surface area contributed by atoms with Crippen molar-refractivity contribution in [3.63, 3.8) is 0 Å². The number of hydrogen-bond acceptors (Lipinski definition) is 7. The van der Waals surface area contributed by atoms with E-state index in [4.69, 9.17) is 26.3 Å². The molecule has 7 nitrogen and oxygen atoms in total. The van der Waals surface area contributed by atoms with Crippen LogP contribution in [0.2, 0.25) is 5.02 Å². The Morgan fingerprint density at radius 1 is 1.14 bits per heavy atom. The molecule has 0 bridgehead atoms. The summed E-state index contributed by atoms with van der Waals surface area (Å²) < 4.78 is 37.8. The van der Waals surface area contributed by atoms with Crippen LogP contribution in [0.15, 0.2) is 30.6 Å². The molecular formula is C24H21ClF2N6OS. The molecule has 35 heavy (non-hydrogen) atoms. The van der Waals surface area contributed by atoms with Crippen LogP contribution >= 0.6 is 22.9 Å². The Hall–Kier alpha value is -2.95. The lowest BCUT2D eigenvalue weighted by Gasteiger charge is -2.21. The van der Waals surface area contributed by atoms with E-state index >= 15 is 0 Å². The first-order valence-electron chi connectivity index (χ1n) is 11.2. The van der Waals surface area contributed by atoms with Crippen molar-refractivity contribution < 1.29 is 13.5 Å². The largest absolute Gasteiger partial charge is 0.369 e. The Balaban J connectivity index is 1.47. The first kappa shape index (κ1) is 22.5. The summed E-state index contributed by atoms with van der Waals surface area (Å²) in [5.41, 5.74) is 2.56. The number of fused-ring (bicyclic) bond motifs is 1. The molecule has 0 radical (unpaired) electrons. The zero-order valence-electron chi connectivity index (χ0n) is 19.0. The van der Waals surface area contributed by atoms with Gasteiger partial charge in [0.25, 0.3) is 0 Å². The SMILES string of the molecule is CN(C)c1nc2nc(C3=CC(c4cnn(C5CC5)c4)OCC3)nc(-c3cc(F)c(Cl)cc3F)c2s1. The zero-order valence-corrected chi connectivity index (χ0v) is 20.6. The molecule has 1 atom stereocenters. The quantitative estimate of drug-likeness (QED) is 0.312. The highest BCUT2D eigenvalue weighted by molar-refractivity contribution is 7.22. The number of nitrogens with zero attached hydrogens (tertiary/aromatic N) is 6. The van der Waals surface area contributed by atoms with E-state index in [1.54, 1.807) is 0 Å². The van der Waals surface area contributed by atoms with E-state index in [1.165, 1.54) is 11.3 Å². The molecule has 4 aromatic rings. The molecule has 1 aliphatic heterocycles. The van der Waals surface area contributed by atoms with Crippen LogP contribution in [-0.4, -0.2) is 45.4 Å². The van der Waals surface area contributed by atoms with Crippen LogP contribution in [0, 0.1) is 11.6 Å². The molecule has 4 heterocycles. The van der Waals surface area contributed by atoms with E-state index in [1.807, 2.05) is 42.1 Å². The molecular weight excluding hydrogens is 494 g/mol. The van der Waals surface area contributed by atoms with Crippen LogP contribution in [0.5, 0.6) is 0 Å². The van der Waals surface area contributed by atoms with E-state index in [2.05, 4.69) is 10.1 Å². The van der Waals surface area contributed by atoms with Crippen LogP contribution in [0.3, 0.4) is 0 Å². The van der Waals surface area contributed by atoms with Gasteiger partial charge in [0.1, 0.15) is 22.4 Å². The molecule has 1 saturated carbocycles. The molecule has 1 unspecified atom stereocenters. The number of halogens is 3. The fourth-order valence-corrected chi connectivity index (χ4v) is 5.14. The number of anilines is 1. The lowest BCUT2D eigenvalue weighted by Crippen LogP contribution is -2.11.